The van der Waals surface area contributed by atoms with Crippen molar-refractivity contribution < 1.29 is 17.1 Å². The van der Waals surface area contributed by atoms with Gasteiger partial charge in [0.15, 0.2) is 0 Å². The SMILES string of the molecule is Clc1cc2cc3nc(cc4ccc(cc5nc(cc1[nH]2)C=C5)[nH]4)C=C3.[Mn]. The van der Waals surface area contributed by atoms with Crippen LogP contribution in [0.5, 0.6) is 0 Å². The Labute approximate surface area is 165 Å². The van der Waals surface area contributed by atoms with Crippen molar-refractivity contribution in [3.05, 3.63) is 70.3 Å². The van der Waals surface area contributed by atoms with Crippen molar-refractivity contribution in [2.45, 2.75) is 0 Å². The summed E-state index contributed by atoms with van der Waals surface area (Å²) in [7, 11) is 0. The molecule has 0 unspecified atom stereocenters. The third-order valence-corrected chi connectivity index (χ3v) is 4.43. The van der Waals surface area contributed by atoms with Gasteiger partial charge in [0.05, 0.1) is 33.3 Å². The van der Waals surface area contributed by atoms with Gasteiger partial charge in [-0.05, 0) is 66.8 Å². The Morgan fingerprint density at radius 2 is 1.12 bits per heavy atom. The maximum Gasteiger partial charge on any atom is 0.0662 e. The van der Waals surface area contributed by atoms with Gasteiger partial charge in [0.1, 0.15) is 0 Å². The summed E-state index contributed by atoms with van der Waals surface area (Å²) in [5.74, 6) is 0. The number of fused-ring (bicyclic) bond motifs is 8. The fraction of sp³-hybridized carbons (Fsp3) is 0. The zero-order chi connectivity index (χ0) is 16.8. The zero-order valence-corrected chi connectivity index (χ0v) is 15.4. The maximum atomic E-state index is 6.35. The molecule has 2 aliphatic rings. The summed E-state index contributed by atoms with van der Waals surface area (Å²) < 4.78 is 0. The van der Waals surface area contributed by atoms with Gasteiger partial charge in [-0.2, -0.15) is 0 Å². The molecule has 0 aliphatic carbocycles. The molecule has 1 radical (unpaired) electrons. The Kier molecular flexibility index (Phi) is 4.29. The Bertz CT molecular complexity index is 1220. The smallest absolute Gasteiger partial charge is 0.0662 e. The molecular formula is C20H13ClMnN4. The molecule has 5 rings (SSSR count). The van der Waals surface area contributed by atoms with Gasteiger partial charge < -0.3 is 9.97 Å². The van der Waals surface area contributed by atoms with Gasteiger partial charge in [0.25, 0.3) is 0 Å². The van der Waals surface area contributed by atoms with Crippen molar-refractivity contribution in [3.8, 4) is 0 Å². The van der Waals surface area contributed by atoms with E-state index in [1.54, 1.807) is 0 Å². The van der Waals surface area contributed by atoms with Crippen LogP contribution >= 0.6 is 11.6 Å². The molecule has 0 spiro atoms. The first-order chi connectivity index (χ1) is 12.2. The van der Waals surface area contributed by atoms with Gasteiger partial charge in [0.2, 0.25) is 0 Å². The van der Waals surface area contributed by atoms with E-state index < -0.39 is 0 Å². The van der Waals surface area contributed by atoms with E-state index >= 15 is 0 Å². The van der Waals surface area contributed by atoms with Gasteiger partial charge in [-0.1, -0.05) is 11.6 Å². The van der Waals surface area contributed by atoms with Crippen LogP contribution in [0.15, 0.2) is 42.5 Å². The number of H-pyrrole nitrogens is 2. The summed E-state index contributed by atoms with van der Waals surface area (Å²) in [5.41, 5.74) is 7.31. The number of nitrogens with one attached hydrogen (secondary N) is 2. The van der Waals surface area contributed by atoms with E-state index in [1.807, 2.05) is 66.8 Å². The Morgan fingerprint density at radius 3 is 1.69 bits per heavy atom. The van der Waals surface area contributed by atoms with Crippen molar-refractivity contribution in [2.24, 2.45) is 0 Å². The molecule has 0 aromatic carbocycles. The molecule has 0 saturated carbocycles. The zero-order valence-electron chi connectivity index (χ0n) is 13.5. The second kappa shape index (κ2) is 6.61. The van der Waals surface area contributed by atoms with Crippen molar-refractivity contribution in [1.82, 2.24) is 19.9 Å². The van der Waals surface area contributed by atoms with Crippen molar-refractivity contribution in [2.75, 3.05) is 0 Å². The van der Waals surface area contributed by atoms with Crippen LogP contribution in [0.4, 0.5) is 0 Å². The molecule has 2 N–H and O–H groups in total. The van der Waals surface area contributed by atoms with Gasteiger partial charge in [0, 0.05) is 33.6 Å². The van der Waals surface area contributed by atoms with Crippen molar-refractivity contribution in [3.63, 3.8) is 0 Å². The van der Waals surface area contributed by atoms with Crippen LogP contribution in [-0.4, -0.2) is 19.9 Å². The summed E-state index contributed by atoms with van der Waals surface area (Å²) in [6, 6.07) is 13.9. The third-order valence-electron chi connectivity index (χ3n) is 4.12. The molecule has 4 nitrogen and oxygen atoms in total. The fourth-order valence-corrected chi connectivity index (χ4v) is 3.20. The third kappa shape index (κ3) is 3.25. The number of rotatable bonds is 0. The summed E-state index contributed by atoms with van der Waals surface area (Å²) in [6.07, 6.45) is 7.95. The van der Waals surface area contributed by atoms with Crippen LogP contribution in [0.25, 0.3) is 46.4 Å². The summed E-state index contributed by atoms with van der Waals surface area (Å²) in [4.78, 5) is 15.9. The first-order valence-electron chi connectivity index (χ1n) is 7.95. The quantitative estimate of drug-likeness (QED) is 0.347. The molecule has 0 atom stereocenters. The molecule has 26 heavy (non-hydrogen) atoms. The Morgan fingerprint density at radius 1 is 0.615 bits per heavy atom. The van der Waals surface area contributed by atoms with Crippen LogP contribution < -0.4 is 0 Å². The van der Waals surface area contributed by atoms with Gasteiger partial charge in [-0.3, -0.25) is 0 Å². The molecule has 0 amide bonds. The molecule has 5 heterocycles. The largest absolute Gasteiger partial charge is 0.355 e. The summed E-state index contributed by atoms with van der Waals surface area (Å²) >= 11 is 6.35. The molecule has 0 fully saturated rings. The standard InChI is InChI=1S/C20H13ClN4.Mn/c21-19-10-18-9-16-4-3-14(23-16)7-12-1-2-13(22-12)8-15-5-6-17(24-15)11-20(19)25-18;/h1-11,22,25H;. The van der Waals surface area contributed by atoms with E-state index in [0.29, 0.717) is 5.02 Å². The van der Waals surface area contributed by atoms with Gasteiger partial charge in [-0.15, -0.1) is 0 Å². The van der Waals surface area contributed by atoms with E-state index in [2.05, 4.69) is 19.9 Å². The fourth-order valence-electron chi connectivity index (χ4n) is 2.98. The topological polar surface area (TPSA) is 57.4 Å². The second-order valence-corrected chi connectivity index (χ2v) is 6.43. The van der Waals surface area contributed by atoms with Gasteiger partial charge in [-0.25, -0.2) is 9.97 Å². The van der Waals surface area contributed by atoms with Crippen molar-refractivity contribution in [1.29, 1.82) is 0 Å². The first kappa shape index (κ1) is 16.9. The average molecular weight is 400 g/mol. The molecular weight excluding hydrogens is 387 g/mol. The minimum Gasteiger partial charge on any atom is -0.355 e. The van der Waals surface area contributed by atoms with Crippen LogP contribution in [0.3, 0.4) is 0 Å². The van der Waals surface area contributed by atoms with E-state index in [1.165, 1.54) is 0 Å². The molecule has 6 heteroatoms. The minimum atomic E-state index is 0. The average Bonchev–Trinajstić information content (AvgIpc) is 3.33. The van der Waals surface area contributed by atoms with Gasteiger partial charge >= 0.3 is 0 Å². The number of aromatic amines is 2. The molecule has 2 aliphatic heterocycles. The van der Waals surface area contributed by atoms with Crippen LogP contribution in [-0.2, 0) is 17.1 Å². The summed E-state index contributed by atoms with van der Waals surface area (Å²) in [5, 5.41) is 0.663. The monoisotopic (exact) mass is 399 g/mol. The van der Waals surface area contributed by atoms with Crippen LogP contribution in [0.2, 0.25) is 5.02 Å². The predicted octanol–water partition coefficient (Wildman–Crippen LogP) is 5.31. The Balaban J connectivity index is 0.00000168. The number of hydrogen-bond donors (Lipinski definition) is 2. The first-order valence-corrected chi connectivity index (χ1v) is 8.33. The van der Waals surface area contributed by atoms with E-state index in [-0.39, 0.29) is 17.1 Å². The number of nitrogens with zero attached hydrogens (tertiary/aromatic N) is 2. The van der Waals surface area contributed by atoms with Crippen LogP contribution in [0.1, 0.15) is 22.8 Å². The van der Waals surface area contributed by atoms with E-state index in [9.17, 15) is 0 Å². The van der Waals surface area contributed by atoms with E-state index in [0.717, 1.165) is 44.8 Å². The molecule has 0 saturated heterocycles. The number of halogens is 1. The number of hydrogen-bond acceptors (Lipinski definition) is 2. The molecule has 3 aromatic rings. The van der Waals surface area contributed by atoms with Crippen molar-refractivity contribution >= 4 is 58.0 Å². The molecule has 3 aromatic heterocycles. The maximum absolute atomic E-state index is 6.35. The predicted molar refractivity (Wildman–Crippen MR) is 104 cm³/mol. The molecule has 127 valence electrons. The normalized spacial score (nSPS) is 12.2. The Hall–Kier alpha value is -2.59. The van der Waals surface area contributed by atoms with E-state index in [4.69, 9.17) is 11.6 Å². The number of aromatic nitrogens is 4. The summed E-state index contributed by atoms with van der Waals surface area (Å²) in [6.45, 7) is 0. The molecule has 8 bridgehead atoms. The second-order valence-electron chi connectivity index (χ2n) is 6.02. The minimum absolute atomic E-state index is 0. The van der Waals surface area contributed by atoms with Crippen LogP contribution in [0, 0.1) is 0 Å².